The van der Waals surface area contributed by atoms with Crippen LogP contribution in [0.2, 0.25) is 0 Å². The van der Waals surface area contributed by atoms with Gasteiger partial charge in [0.05, 0.1) is 0 Å². The van der Waals surface area contributed by atoms with E-state index < -0.39 is 0 Å². The maximum atomic E-state index is 10.1. The molecule has 0 rings (SSSR count). The molecule has 0 aromatic rings. The lowest BCUT2D eigenvalue weighted by molar-refractivity contribution is 0.569. The smallest absolute Gasteiger partial charge is 0.124 e. The molecule has 0 heterocycles. The number of hydrogen-bond acceptors (Lipinski definition) is 1. The first-order chi connectivity index (χ1) is 13.8. The molecule has 1 heteroatoms. The predicted molar refractivity (Wildman–Crippen MR) is 131 cm³/mol. The first kappa shape index (κ1) is 26.1. The Kier molecular flexibility index (Phi) is 15.5. The first-order valence-electron chi connectivity index (χ1n) is 10.1. The van der Waals surface area contributed by atoms with Crippen molar-refractivity contribution < 1.29 is 4.79 Å². The molecule has 0 radical (unpaired) electrons. The van der Waals surface area contributed by atoms with Crippen molar-refractivity contribution in [2.45, 2.75) is 54.4 Å². The zero-order valence-corrected chi connectivity index (χ0v) is 18.9. The second kappa shape index (κ2) is 17.2. The van der Waals surface area contributed by atoms with Crippen LogP contribution in [0.1, 0.15) is 54.4 Å². The highest BCUT2D eigenvalue weighted by molar-refractivity contribution is 5.49. The minimum Gasteiger partial charge on any atom is -0.234 e. The molecule has 29 heavy (non-hydrogen) atoms. The zero-order valence-electron chi connectivity index (χ0n) is 18.9. The summed E-state index contributed by atoms with van der Waals surface area (Å²) in [4.78, 5) is 10.1. The van der Waals surface area contributed by atoms with Crippen LogP contribution in [0.4, 0.5) is 0 Å². The van der Waals surface area contributed by atoms with E-state index in [2.05, 4.69) is 83.2 Å². The lowest BCUT2D eigenvalue weighted by Gasteiger charge is -1.96. The predicted octanol–water partition coefficient (Wildman–Crippen LogP) is 8.13. The molecular weight excluding hydrogens is 352 g/mol. The summed E-state index contributed by atoms with van der Waals surface area (Å²) in [6.45, 7) is 12.6. The fraction of sp³-hybridized carbons (Fsp3) is 0.286. The first-order valence-corrected chi connectivity index (χ1v) is 10.1. The molecule has 1 nitrogen and oxygen atoms in total. The minimum atomic E-state index is 1.07. The van der Waals surface area contributed by atoms with Crippen molar-refractivity contribution >= 4 is 5.94 Å². The van der Waals surface area contributed by atoms with Gasteiger partial charge in [-0.1, -0.05) is 107 Å². The lowest BCUT2D eigenvalue weighted by atomic mass is 10.1. The third-order valence-electron chi connectivity index (χ3n) is 3.90. The van der Waals surface area contributed by atoms with Gasteiger partial charge < -0.3 is 0 Å². The molecule has 154 valence electrons. The van der Waals surface area contributed by atoms with E-state index in [4.69, 9.17) is 0 Å². The van der Waals surface area contributed by atoms with Crippen LogP contribution in [-0.4, -0.2) is 5.94 Å². The standard InChI is InChI=1S/C28H36O/c1-24(2)14-11-18-27(5)20-13-22-28(6)21-12-19-26(4)16-8-7-15-25(3)17-9-10-23-29/h7-10,12-17,19-22H,11,18H2,1-6H3/b8-7+,17-9+,19-12+,22-13+,25-15+,26-16+,27-20+,28-21+. The quantitative estimate of drug-likeness (QED) is 0.198. The van der Waals surface area contributed by atoms with E-state index in [-0.39, 0.29) is 0 Å². The van der Waals surface area contributed by atoms with Gasteiger partial charge in [0, 0.05) is 6.08 Å². The van der Waals surface area contributed by atoms with Crippen LogP contribution in [0.5, 0.6) is 0 Å². The highest BCUT2D eigenvalue weighted by Gasteiger charge is 1.87. The highest BCUT2D eigenvalue weighted by atomic mass is 16.1. The third-order valence-corrected chi connectivity index (χ3v) is 3.90. The molecule has 0 N–H and O–H groups in total. The van der Waals surface area contributed by atoms with Gasteiger partial charge in [-0.15, -0.1) is 0 Å². The van der Waals surface area contributed by atoms with E-state index in [9.17, 15) is 4.79 Å². The van der Waals surface area contributed by atoms with Crippen LogP contribution in [0.15, 0.2) is 113 Å². The summed E-state index contributed by atoms with van der Waals surface area (Å²) in [5, 5.41) is 0. The van der Waals surface area contributed by atoms with Crippen LogP contribution < -0.4 is 0 Å². The minimum absolute atomic E-state index is 1.07. The van der Waals surface area contributed by atoms with Crippen LogP contribution in [0.25, 0.3) is 0 Å². The van der Waals surface area contributed by atoms with Crippen molar-refractivity contribution in [1.82, 2.24) is 0 Å². The van der Waals surface area contributed by atoms with E-state index in [0.717, 1.165) is 18.4 Å². The summed E-state index contributed by atoms with van der Waals surface area (Å²) in [5.41, 5.74) is 6.24. The van der Waals surface area contributed by atoms with Crippen molar-refractivity contribution in [3.63, 3.8) is 0 Å². The van der Waals surface area contributed by atoms with Gasteiger partial charge in [-0.05, 0) is 54.4 Å². The van der Waals surface area contributed by atoms with Crippen molar-refractivity contribution in [3.8, 4) is 0 Å². The molecule has 0 fully saturated rings. The Morgan fingerprint density at radius 2 is 1.14 bits per heavy atom. The van der Waals surface area contributed by atoms with Crippen LogP contribution in [0.3, 0.4) is 0 Å². The van der Waals surface area contributed by atoms with Gasteiger partial charge in [-0.3, -0.25) is 0 Å². The number of hydrogen-bond donors (Lipinski definition) is 0. The second-order valence-corrected chi connectivity index (χ2v) is 7.31. The topological polar surface area (TPSA) is 17.1 Å². The second-order valence-electron chi connectivity index (χ2n) is 7.31. The molecule has 0 atom stereocenters. The van der Waals surface area contributed by atoms with Gasteiger partial charge >= 0.3 is 0 Å². The highest BCUT2D eigenvalue weighted by Crippen LogP contribution is 2.07. The Hall–Kier alpha value is -2.89. The monoisotopic (exact) mass is 388 g/mol. The molecule has 0 amide bonds. The third kappa shape index (κ3) is 18.2. The normalized spacial score (nSPS) is 14.4. The fourth-order valence-electron chi connectivity index (χ4n) is 2.21. The van der Waals surface area contributed by atoms with E-state index in [0.29, 0.717) is 0 Å². The molecular formula is C28H36O. The molecule has 0 aromatic carbocycles. The maximum Gasteiger partial charge on any atom is 0.124 e. The van der Waals surface area contributed by atoms with Crippen molar-refractivity contribution in [1.29, 1.82) is 0 Å². The summed E-state index contributed by atoms with van der Waals surface area (Å²) in [5.74, 6) is 1.72. The Bertz CT molecular complexity index is 804. The summed E-state index contributed by atoms with van der Waals surface area (Å²) in [6.07, 6.45) is 30.2. The van der Waals surface area contributed by atoms with Crippen LogP contribution in [-0.2, 0) is 4.79 Å². The largest absolute Gasteiger partial charge is 0.234 e. The number of allylic oxidation sites excluding steroid dienone is 19. The summed E-state index contributed by atoms with van der Waals surface area (Å²) >= 11 is 0. The average molecular weight is 389 g/mol. The zero-order chi connectivity index (χ0) is 21.9. The Labute approximate surface area is 178 Å². The molecule has 0 aliphatic rings. The van der Waals surface area contributed by atoms with Gasteiger partial charge in [0.15, 0.2) is 0 Å². The molecule has 0 aliphatic heterocycles. The van der Waals surface area contributed by atoms with Crippen molar-refractivity contribution in [3.05, 3.63) is 113 Å². The van der Waals surface area contributed by atoms with Gasteiger partial charge in [0.25, 0.3) is 0 Å². The summed E-state index contributed by atoms with van der Waals surface area (Å²) in [7, 11) is 0. The molecule has 0 unspecified atom stereocenters. The summed E-state index contributed by atoms with van der Waals surface area (Å²) in [6, 6.07) is 0. The number of rotatable bonds is 11. The Balaban J connectivity index is 4.58. The lowest BCUT2D eigenvalue weighted by Crippen LogP contribution is -1.76. The Morgan fingerprint density at radius 1 is 0.655 bits per heavy atom. The molecule has 0 saturated carbocycles. The van der Waals surface area contributed by atoms with Gasteiger partial charge in [-0.25, -0.2) is 4.79 Å². The maximum absolute atomic E-state index is 10.1. The van der Waals surface area contributed by atoms with Gasteiger partial charge in [0.1, 0.15) is 5.94 Å². The van der Waals surface area contributed by atoms with Gasteiger partial charge in [-0.2, -0.15) is 0 Å². The Morgan fingerprint density at radius 3 is 1.66 bits per heavy atom. The molecule has 0 spiro atoms. The van der Waals surface area contributed by atoms with E-state index in [1.807, 2.05) is 31.2 Å². The fourth-order valence-corrected chi connectivity index (χ4v) is 2.21. The van der Waals surface area contributed by atoms with Gasteiger partial charge in [0.2, 0.25) is 0 Å². The number of carbonyl (C=O) groups excluding carboxylic acids is 1. The molecule has 0 bridgehead atoms. The average Bonchev–Trinajstić information content (AvgIpc) is 2.65. The molecule has 0 saturated heterocycles. The van der Waals surface area contributed by atoms with E-state index in [1.165, 1.54) is 28.4 Å². The van der Waals surface area contributed by atoms with Crippen molar-refractivity contribution in [2.24, 2.45) is 0 Å². The molecule has 0 aromatic heterocycles. The van der Waals surface area contributed by atoms with E-state index >= 15 is 0 Å². The van der Waals surface area contributed by atoms with Crippen LogP contribution >= 0.6 is 0 Å². The molecule has 0 aliphatic carbocycles. The van der Waals surface area contributed by atoms with Crippen molar-refractivity contribution in [2.75, 3.05) is 0 Å². The SMILES string of the molecule is CC(C)=CCC/C(C)=C/C=C/C(C)=C/C=C/C(C)=C/C=C/C=C(C)/C=C/C=C=O. The van der Waals surface area contributed by atoms with E-state index in [1.54, 1.807) is 12.0 Å². The van der Waals surface area contributed by atoms with Crippen LogP contribution in [0, 0.1) is 0 Å². The summed E-state index contributed by atoms with van der Waals surface area (Å²) < 4.78 is 0.